The predicted molar refractivity (Wildman–Crippen MR) is 89.7 cm³/mol. The molecule has 0 atom stereocenters. The van der Waals surface area contributed by atoms with Crippen LogP contribution < -0.4 is 4.90 Å². The van der Waals surface area contributed by atoms with Crippen molar-refractivity contribution in [1.82, 2.24) is 9.55 Å². The summed E-state index contributed by atoms with van der Waals surface area (Å²) < 4.78 is 2.16. The van der Waals surface area contributed by atoms with Gasteiger partial charge in [-0.2, -0.15) is 0 Å². The molecule has 21 heavy (non-hydrogen) atoms. The average Bonchev–Trinajstić information content (AvgIpc) is 2.87. The standard InChI is InChI=1S/C17H18ClN3/c1-12-7-6-10-15-17(12)19-16(11-18)21(15)14-9-5-4-8-13(14)20(2)3/h4-10H,11H2,1-3H3. The minimum atomic E-state index is 0.385. The molecule has 2 aromatic carbocycles. The van der Waals surface area contributed by atoms with E-state index in [1.807, 2.05) is 26.2 Å². The first-order valence-corrected chi connectivity index (χ1v) is 7.46. The number of anilines is 1. The zero-order chi connectivity index (χ0) is 15.0. The van der Waals surface area contributed by atoms with Crippen molar-refractivity contribution in [3.63, 3.8) is 0 Å². The van der Waals surface area contributed by atoms with Crippen molar-refractivity contribution in [2.24, 2.45) is 0 Å². The Bertz CT molecular complexity index is 790. The lowest BCUT2D eigenvalue weighted by molar-refractivity contribution is 0.968. The van der Waals surface area contributed by atoms with Crippen molar-refractivity contribution < 1.29 is 0 Å². The molecular formula is C17H18ClN3. The van der Waals surface area contributed by atoms with Crippen LogP contribution in [0.25, 0.3) is 16.7 Å². The molecule has 3 nitrogen and oxygen atoms in total. The van der Waals surface area contributed by atoms with Gasteiger partial charge in [-0.3, -0.25) is 4.57 Å². The first kappa shape index (κ1) is 14.0. The van der Waals surface area contributed by atoms with E-state index in [2.05, 4.69) is 46.7 Å². The van der Waals surface area contributed by atoms with E-state index in [9.17, 15) is 0 Å². The van der Waals surface area contributed by atoms with Crippen molar-refractivity contribution in [3.8, 4) is 5.69 Å². The molecule has 0 aliphatic carbocycles. The Kier molecular flexibility index (Phi) is 3.60. The summed E-state index contributed by atoms with van der Waals surface area (Å²) in [7, 11) is 4.09. The Morgan fingerprint density at radius 3 is 2.57 bits per heavy atom. The molecule has 1 heterocycles. The minimum absolute atomic E-state index is 0.385. The maximum Gasteiger partial charge on any atom is 0.129 e. The fraction of sp³-hybridized carbons (Fsp3) is 0.235. The molecule has 0 N–H and O–H groups in total. The van der Waals surface area contributed by atoms with Crippen LogP contribution in [-0.4, -0.2) is 23.6 Å². The Hall–Kier alpha value is -2.00. The van der Waals surface area contributed by atoms with Gasteiger partial charge in [0.2, 0.25) is 0 Å². The summed E-state index contributed by atoms with van der Waals surface area (Å²) in [6, 6.07) is 14.5. The van der Waals surface area contributed by atoms with Crippen LogP contribution in [0.2, 0.25) is 0 Å². The number of imidazole rings is 1. The highest BCUT2D eigenvalue weighted by Gasteiger charge is 2.15. The van der Waals surface area contributed by atoms with E-state index < -0.39 is 0 Å². The van der Waals surface area contributed by atoms with Gasteiger partial charge in [-0.05, 0) is 30.7 Å². The zero-order valence-corrected chi connectivity index (χ0v) is 13.2. The summed E-state index contributed by atoms with van der Waals surface area (Å²) in [5, 5.41) is 0. The predicted octanol–water partition coefficient (Wildman–Crippen LogP) is 4.14. The largest absolute Gasteiger partial charge is 0.376 e. The Morgan fingerprint density at radius 1 is 1.10 bits per heavy atom. The molecule has 0 aliphatic heterocycles. The number of rotatable bonds is 3. The maximum absolute atomic E-state index is 6.14. The summed E-state index contributed by atoms with van der Waals surface area (Å²) >= 11 is 6.14. The second kappa shape index (κ2) is 5.41. The average molecular weight is 300 g/mol. The summed E-state index contributed by atoms with van der Waals surface area (Å²) in [5.74, 6) is 1.26. The molecule has 0 saturated carbocycles. The molecule has 4 heteroatoms. The third-order valence-corrected chi connectivity index (χ3v) is 3.92. The van der Waals surface area contributed by atoms with Gasteiger partial charge in [0.05, 0.1) is 28.3 Å². The van der Waals surface area contributed by atoms with Crippen molar-refractivity contribution >= 4 is 28.3 Å². The first-order valence-electron chi connectivity index (χ1n) is 6.93. The van der Waals surface area contributed by atoms with Gasteiger partial charge < -0.3 is 4.90 Å². The minimum Gasteiger partial charge on any atom is -0.376 e. The highest BCUT2D eigenvalue weighted by molar-refractivity contribution is 6.17. The van der Waals surface area contributed by atoms with Crippen molar-refractivity contribution in [3.05, 3.63) is 53.9 Å². The van der Waals surface area contributed by atoms with Crippen molar-refractivity contribution in [1.29, 1.82) is 0 Å². The molecule has 1 aromatic heterocycles. The van der Waals surface area contributed by atoms with Gasteiger partial charge in [-0.25, -0.2) is 4.98 Å². The Morgan fingerprint density at radius 2 is 1.86 bits per heavy atom. The molecule has 3 rings (SSSR count). The lowest BCUT2D eigenvalue weighted by atomic mass is 10.2. The first-order chi connectivity index (χ1) is 10.1. The molecule has 0 bridgehead atoms. The normalized spacial score (nSPS) is 11.0. The van der Waals surface area contributed by atoms with Gasteiger partial charge >= 0.3 is 0 Å². The van der Waals surface area contributed by atoms with Crippen LogP contribution in [0.5, 0.6) is 0 Å². The zero-order valence-electron chi connectivity index (χ0n) is 12.5. The fourth-order valence-electron chi connectivity index (χ4n) is 2.68. The van der Waals surface area contributed by atoms with Crippen molar-refractivity contribution in [2.45, 2.75) is 12.8 Å². The van der Waals surface area contributed by atoms with Gasteiger partial charge in [-0.15, -0.1) is 11.6 Å². The van der Waals surface area contributed by atoms with E-state index in [1.165, 1.54) is 5.56 Å². The Balaban J connectivity index is 2.37. The number of fused-ring (bicyclic) bond motifs is 1. The highest BCUT2D eigenvalue weighted by Crippen LogP contribution is 2.30. The number of alkyl halides is 1. The topological polar surface area (TPSA) is 21.1 Å². The number of aryl methyl sites for hydroxylation is 1. The van der Waals surface area contributed by atoms with Crippen LogP contribution in [0.15, 0.2) is 42.5 Å². The van der Waals surface area contributed by atoms with Crippen LogP contribution in [0.1, 0.15) is 11.4 Å². The molecule has 0 saturated heterocycles. The third-order valence-electron chi connectivity index (χ3n) is 3.68. The number of benzene rings is 2. The highest BCUT2D eigenvalue weighted by atomic mass is 35.5. The fourth-order valence-corrected chi connectivity index (χ4v) is 2.86. The molecule has 0 unspecified atom stereocenters. The van der Waals surface area contributed by atoms with Gasteiger partial charge in [0.25, 0.3) is 0 Å². The van der Waals surface area contributed by atoms with Crippen LogP contribution in [0.4, 0.5) is 5.69 Å². The lowest BCUT2D eigenvalue weighted by Crippen LogP contribution is -2.13. The number of halogens is 1. The van der Waals surface area contributed by atoms with Crippen LogP contribution in [0, 0.1) is 6.92 Å². The van der Waals surface area contributed by atoms with Crippen molar-refractivity contribution in [2.75, 3.05) is 19.0 Å². The SMILES string of the molecule is Cc1cccc2c1nc(CCl)n2-c1ccccc1N(C)C. The second-order valence-electron chi connectivity index (χ2n) is 5.32. The van der Waals surface area contributed by atoms with E-state index in [-0.39, 0.29) is 0 Å². The van der Waals surface area contributed by atoms with E-state index in [0.717, 1.165) is 28.2 Å². The van der Waals surface area contributed by atoms with Crippen LogP contribution >= 0.6 is 11.6 Å². The van der Waals surface area contributed by atoms with E-state index in [4.69, 9.17) is 16.6 Å². The van der Waals surface area contributed by atoms with Gasteiger partial charge in [0.15, 0.2) is 0 Å². The molecular weight excluding hydrogens is 282 g/mol. The second-order valence-corrected chi connectivity index (χ2v) is 5.59. The van der Waals surface area contributed by atoms with Gasteiger partial charge in [0, 0.05) is 14.1 Å². The smallest absolute Gasteiger partial charge is 0.129 e. The maximum atomic E-state index is 6.14. The quantitative estimate of drug-likeness (QED) is 0.678. The van der Waals surface area contributed by atoms with E-state index in [1.54, 1.807) is 0 Å². The molecule has 0 spiro atoms. The number of hydrogen-bond acceptors (Lipinski definition) is 2. The molecule has 0 amide bonds. The number of hydrogen-bond donors (Lipinski definition) is 0. The molecule has 0 aliphatic rings. The number of para-hydroxylation sites is 3. The van der Waals surface area contributed by atoms with Crippen LogP contribution in [0.3, 0.4) is 0 Å². The number of aromatic nitrogens is 2. The summed E-state index contributed by atoms with van der Waals surface area (Å²) in [4.78, 5) is 6.83. The van der Waals surface area contributed by atoms with E-state index >= 15 is 0 Å². The molecule has 3 aromatic rings. The van der Waals surface area contributed by atoms with E-state index in [0.29, 0.717) is 5.88 Å². The lowest BCUT2D eigenvalue weighted by Gasteiger charge is -2.19. The molecule has 0 fully saturated rings. The molecule has 108 valence electrons. The Labute approximate surface area is 129 Å². The van der Waals surface area contributed by atoms with Gasteiger partial charge in [0.1, 0.15) is 5.82 Å². The summed E-state index contributed by atoms with van der Waals surface area (Å²) in [6.45, 7) is 2.08. The third kappa shape index (κ3) is 2.28. The summed E-state index contributed by atoms with van der Waals surface area (Å²) in [5.41, 5.74) is 5.53. The van der Waals surface area contributed by atoms with Crippen LogP contribution in [-0.2, 0) is 5.88 Å². The molecule has 0 radical (unpaired) electrons. The monoisotopic (exact) mass is 299 g/mol. The number of nitrogens with zero attached hydrogens (tertiary/aromatic N) is 3. The van der Waals surface area contributed by atoms with Gasteiger partial charge in [-0.1, -0.05) is 24.3 Å². The summed E-state index contributed by atoms with van der Waals surface area (Å²) in [6.07, 6.45) is 0.